The number of halogens is 2. The van der Waals surface area contributed by atoms with Crippen molar-refractivity contribution in [3.05, 3.63) is 70.3 Å². The molecule has 0 bridgehead atoms. The molecule has 1 amide bonds. The Morgan fingerprint density at radius 1 is 1.00 bits per heavy atom. The minimum atomic E-state index is -0.425. The lowest BCUT2D eigenvalue weighted by molar-refractivity contribution is 0.102. The van der Waals surface area contributed by atoms with Gasteiger partial charge in [-0.1, -0.05) is 35.3 Å². The minimum absolute atomic E-state index is 0.154. The molecule has 0 unspecified atom stereocenters. The molecule has 0 aliphatic heterocycles. The first kappa shape index (κ1) is 18.0. The van der Waals surface area contributed by atoms with Gasteiger partial charge in [-0.3, -0.25) is 4.79 Å². The van der Waals surface area contributed by atoms with Crippen molar-refractivity contribution < 1.29 is 9.53 Å². The molecule has 0 atom stereocenters. The third-order valence-electron chi connectivity index (χ3n) is 3.45. The van der Waals surface area contributed by atoms with Crippen molar-refractivity contribution >= 4 is 46.3 Å². The van der Waals surface area contributed by atoms with E-state index >= 15 is 0 Å². The van der Waals surface area contributed by atoms with Gasteiger partial charge in [-0.25, -0.2) is 0 Å². The second-order valence-electron chi connectivity index (χ2n) is 5.21. The third-order valence-corrected chi connectivity index (χ3v) is 3.99. The lowest BCUT2D eigenvalue weighted by atomic mass is 10.3. The van der Waals surface area contributed by atoms with Crippen LogP contribution in [0.5, 0.6) is 5.75 Å². The van der Waals surface area contributed by atoms with E-state index in [0.29, 0.717) is 27.3 Å². The summed E-state index contributed by atoms with van der Waals surface area (Å²) in [6, 6.07) is 15.4. The van der Waals surface area contributed by atoms with E-state index in [9.17, 15) is 4.79 Å². The van der Waals surface area contributed by atoms with Crippen LogP contribution in [0.2, 0.25) is 10.0 Å². The van der Waals surface area contributed by atoms with Gasteiger partial charge < -0.3 is 15.4 Å². The number of aromatic nitrogens is 2. The van der Waals surface area contributed by atoms with Crippen molar-refractivity contribution in [1.29, 1.82) is 0 Å². The highest BCUT2D eigenvalue weighted by atomic mass is 35.5. The van der Waals surface area contributed by atoms with Crippen LogP contribution in [0, 0.1) is 0 Å². The number of nitrogens with zero attached hydrogens (tertiary/aromatic N) is 2. The van der Waals surface area contributed by atoms with Crippen LogP contribution < -0.4 is 15.4 Å². The molecule has 0 spiro atoms. The number of benzene rings is 2. The normalized spacial score (nSPS) is 10.3. The number of ether oxygens (including phenoxy) is 1. The largest absolute Gasteiger partial charge is 0.495 e. The van der Waals surface area contributed by atoms with Crippen molar-refractivity contribution in [1.82, 2.24) is 10.2 Å². The Balaban J connectivity index is 1.71. The van der Waals surface area contributed by atoms with Crippen molar-refractivity contribution in [3.8, 4) is 5.75 Å². The number of anilines is 3. The Labute approximate surface area is 160 Å². The van der Waals surface area contributed by atoms with Gasteiger partial charge in [0, 0.05) is 5.02 Å². The van der Waals surface area contributed by atoms with E-state index in [1.165, 1.54) is 0 Å². The summed E-state index contributed by atoms with van der Waals surface area (Å²) in [5.41, 5.74) is 1.34. The maximum atomic E-state index is 12.3. The van der Waals surface area contributed by atoms with E-state index in [-0.39, 0.29) is 5.69 Å². The van der Waals surface area contributed by atoms with Gasteiger partial charge in [-0.15, -0.1) is 10.2 Å². The molecule has 0 fully saturated rings. The van der Waals surface area contributed by atoms with Crippen LogP contribution in [-0.2, 0) is 0 Å². The molecular formula is C18H14Cl2N4O2. The number of para-hydroxylation sites is 2. The molecule has 0 aliphatic rings. The van der Waals surface area contributed by atoms with Crippen LogP contribution in [0.3, 0.4) is 0 Å². The molecule has 1 aromatic heterocycles. The fourth-order valence-electron chi connectivity index (χ4n) is 2.18. The molecule has 0 saturated heterocycles. The molecule has 3 rings (SSSR count). The highest BCUT2D eigenvalue weighted by Gasteiger charge is 2.11. The van der Waals surface area contributed by atoms with E-state index in [4.69, 9.17) is 27.9 Å². The number of hydrogen-bond acceptors (Lipinski definition) is 5. The Hall–Kier alpha value is -2.83. The SMILES string of the molecule is COc1ccccc1Nc1ccc(C(=O)Nc2ccc(Cl)cc2Cl)nn1. The zero-order chi connectivity index (χ0) is 18.5. The lowest BCUT2D eigenvalue weighted by Gasteiger charge is -2.10. The first-order valence-corrected chi connectivity index (χ1v) is 8.32. The van der Waals surface area contributed by atoms with Crippen molar-refractivity contribution in [2.24, 2.45) is 0 Å². The first-order valence-electron chi connectivity index (χ1n) is 7.57. The van der Waals surface area contributed by atoms with Gasteiger partial charge in [0.15, 0.2) is 11.5 Å². The average molecular weight is 389 g/mol. The second kappa shape index (κ2) is 8.03. The van der Waals surface area contributed by atoms with E-state index < -0.39 is 5.91 Å². The van der Waals surface area contributed by atoms with Crippen LogP contribution in [0.25, 0.3) is 0 Å². The molecule has 0 radical (unpaired) electrons. The van der Waals surface area contributed by atoms with Gasteiger partial charge in [-0.2, -0.15) is 0 Å². The van der Waals surface area contributed by atoms with Crippen LogP contribution in [0.4, 0.5) is 17.2 Å². The molecule has 3 aromatic rings. The minimum Gasteiger partial charge on any atom is -0.495 e. The highest BCUT2D eigenvalue weighted by Crippen LogP contribution is 2.27. The lowest BCUT2D eigenvalue weighted by Crippen LogP contribution is -2.14. The molecule has 6 nitrogen and oxygen atoms in total. The van der Waals surface area contributed by atoms with Gasteiger partial charge in [0.2, 0.25) is 0 Å². The van der Waals surface area contributed by atoms with Crippen LogP contribution in [0.15, 0.2) is 54.6 Å². The Bertz CT molecular complexity index is 933. The fourth-order valence-corrected chi connectivity index (χ4v) is 2.64. The number of rotatable bonds is 5. The number of hydrogen-bond donors (Lipinski definition) is 2. The van der Waals surface area contributed by atoms with Gasteiger partial charge in [0.25, 0.3) is 5.91 Å². The standard InChI is InChI=1S/C18H14Cl2N4O2/c1-26-16-5-3-2-4-14(16)21-17-9-8-15(23-24-17)18(25)22-13-7-6-11(19)10-12(13)20/h2-10H,1H3,(H,21,24)(H,22,25). The summed E-state index contributed by atoms with van der Waals surface area (Å²) in [5, 5.41) is 14.5. The van der Waals surface area contributed by atoms with Gasteiger partial charge in [-0.05, 0) is 42.5 Å². The molecule has 0 aliphatic carbocycles. The number of carbonyl (C=O) groups excluding carboxylic acids is 1. The summed E-state index contributed by atoms with van der Waals surface area (Å²) in [6.45, 7) is 0. The number of methoxy groups -OCH3 is 1. The van der Waals surface area contributed by atoms with Gasteiger partial charge in [0.1, 0.15) is 5.75 Å². The number of carbonyl (C=O) groups is 1. The quantitative estimate of drug-likeness (QED) is 0.656. The molecule has 0 saturated carbocycles. The predicted molar refractivity (Wildman–Crippen MR) is 103 cm³/mol. The zero-order valence-electron chi connectivity index (χ0n) is 13.7. The molecule has 8 heteroatoms. The molecule has 26 heavy (non-hydrogen) atoms. The van der Waals surface area contributed by atoms with E-state index in [1.807, 2.05) is 24.3 Å². The molecule has 2 aromatic carbocycles. The van der Waals surface area contributed by atoms with E-state index in [2.05, 4.69) is 20.8 Å². The molecule has 132 valence electrons. The Kier molecular flexibility index (Phi) is 5.55. The van der Waals surface area contributed by atoms with Crippen molar-refractivity contribution in [3.63, 3.8) is 0 Å². The van der Waals surface area contributed by atoms with E-state index in [0.717, 1.165) is 5.69 Å². The smallest absolute Gasteiger partial charge is 0.276 e. The van der Waals surface area contributed by atoms with Crippen LogP contribution in [0.1, 0.15) is 10.5 Å². The van der Waals surface area contributed by atoms with E-state index in [1.54, 1.807) is 37.4 Å². The predicted octanol–water partition coefficient (Wildman–Crippen LogP) is 4.79. The maximum absolute atomic E-state index is 12.3. The zero-order valence-corrected chi connectivity index (χ0v) is 15.2. The second-order valence-corrected chi connectivity index (χ2v) is 6.05. The van der Waals surface area contributed by atoms with Gasteiger partial charge in [0.05, 0.1) is 23.5 Å². The van der Waals surface area contributed by atoms with Crippen LogP contribution in [-0.4, -0.2) is 23.2 Å². The number of amides is 1. The topological polar surface area (TPSA) is 76.1 Å². The Morgan fingerprint density at radius 3 is 2.50 bits per heavy atom. The maximum Gasteiger partial charge on any atom is 0.276 e. The van der Waals surface area contributed by atoms with Gasteiger partial charge >= 0.3 is 0 Å². The fraction of sp³-hybridized carbons (Fsp3) is 0.0556. The monoisotopic (exact) mass is 388 g/mol. The van der Waals surface area contributed by atoms with Crippen LogP contribution >= 0.6 is 23.2 Å². The summed E-state index contributed by atoms with van der Waals surface area (Å²) < 4.78 is 5.27. The molecular weight excluding hydrogens is 375 g/mol. The molecule has 2 N–H and O–H groups in total. The average Bonchev–Trinajstić information content (AvgIpc) is 2.65. The Morgan fingerprint density at radius 2 is 1.81 bits per heavy atom. The summed E-state index contributed by atoms with van der Waals surface area (Å²) >= 11 is 11.9. The highest BCUT2D eigenvalue weighted by molar-refractivity contribution is 6.36. The summed E-state index contributed by atoms with van der Waals surface area (Å²) in [7, 11) is 1.58. The summed E-state index contributed by atoms with van der Waals surface area (Å²) in [6.07, 6.45) is 0. The molecule has 1 heterocycles. The van der Waals surface area contributed by atoms with Crippen molar-refractivity contribution in [2.45, 2.75) is 0 Å². The summed E-state index contributed by atoms with van der Waals surface area (Å²) in [4.78, 5) is 12.3. The van der Waals surface area contributed by atoms with Crippen molar-refractivity contribution in [2.75, 3.05) is 17.7 Å². The summed E-state index contributed by atoms with van der Waals surface area (Å²) in [5.74, 6) is 0.731. The number of nitrogens with one attached hydrogen (secondary N) is 2. The first-order chi connectivity index (χ1) is 12.6. The third kappa shape index (κ3) is 4.22.